The summed E-state index contributed by atoms with van der Waals surface area (Å²) in [7, 11) is 0. The second kappa shape index (κ2) is 3.11. The van der Waals surface area contributed by atoms with Crippen LogP contribution in [-0.4, -0.2) is 5.11 Å². The molecule has 0 aliphatic rings. The maximum Gasteiger partial charge on any atom is 0.169 e. The molecule has 0 aliphatic heterocycles. The van der Waals surface area contributed by atoms with Crippen molar-refractivity contribution in [2.24, 2.45) is 0 Å². The Balaban J connectivity index is 2.28. The van der Waals surface area contributed by atoms with Gasteiger partial charge >= 0.3 is 0 Å². The van der Waals surface area contributed by atoms with Gasteiger partial charge in [0.15, 0.2) is 6.10 Å². The van der Waals surface area contributed by atoms with Gasteiger partial charge in [0.05, 0.1) is 6.26 Å². The Bertz CT molecular complexity index is 373. The van der Waals surface area contributed by atoms with Gasteiger partial charge in [0.1, 0.15) is 17.3 Å². The minimum absolute atomic E-state index is 0.495. The Morgan fingerprint density at radius 1 is 1.23 bits per heavy atom. The first-order valence-electron chi connectivity index (χ1n) is 4.05. The smallest absolute Gasteiger partial charge is 0.169 e. The zero-order chi connectivity index (χ0) is 9.26. The van der Waals surface area contributed by atoms with Crippen LogP contribution in [0.4, 0.5) is 0 Å². The molecular formula is C10H10O3. The van der Waals surface area contributed by atoms with Crippen molar-refractivity contribution in [1.82, 2.24) is 0 Å². The van der Waals surface area contributed by atoms with Crippen LogP contribution in [0.3, 0.4) is 0 Å². The molecule has 3 nitrogen and oxygen atoms in total. The maximum absolute atomic E-state index is 9.71. The number of aliphatic hydroxyl groups excluding tert-OH is 1. The van der Waals surface area contributed by atoms with E-state index in [1.165, 1.54) is 6.26 Å². The van der Waals surface area contributed by atoms with Gasteiger partial charge in [-0.2, -0.15) is 0 Å². The summed E-state index contributed by atoms with van der Waals surface area (Å²) in [6.45, 7) is 1.83. The van der Waals surface area contributed by atoms with Crippen molar-refractivity contribution in [3.05, 3.63) is 47.8 Å². The minimum atomic E-state index is -0.802. The largest absolute Gasteiger partial charge is 0.466 e. The fourth-order valence-corrected chi connectivity index (χ4v) is 1.19. The Kier molecular flexibility index (Phi) is 1.94. The van der Waals surface area contributed by atoms with E-state index >= 15 is 0 Å². The first-order valence-corrected chi connectivity index (χ1v) is 4.05. The van der Waals surface area contributed by atoms with E-state index in [1.54, 1.807) is 18.2 Å². The van der Waals surface area contributed by atoms with Gasteiger partial charge in [0.2, 0.25) is 0 Å². The molecule has 0 bridgehead atoms. The molecule has 2 rings (SSSR count). The van der Waals surface area contributed by atoms with Gasteiger partial charge in [-0.25, -0.2) is 0 Å². The van der Waals surface area contributed by atoms with Crippen LogP contribution in [0.5, 0.6) is 0 Å². The van der Waals surface area contributed by atoms with Gasteiger partial charge < -0.3 is 13.9 Å². The summed E-state index contributed by atoms with van der Waals surface area (Å²) in [4.78, 5) is 0. The lowest BCUT2D eigenvalue weighted by Crippen LogP contribution is -1.95. The van der Waals surface area contributed by atoms with Crippen LogP contribution in [0.1, 0.15) is 23.4 Å². The first kappa shape index (κ1) is 8.13. The van der Waals surface area contributed by atoms with E-state index < -0.39 is 6.10 Å². The summed E-state index contributed by atoms with van der Waals surface area (Å²) >= 11 is 0. The molecule has 0 saturated heterocycles. The van der Waals surface area contributed by atoms with Crippen molar-refractivity contribution in [1.29, 1.82) is 0 Å². The second-order valence-electron chi connectivity index (χ2n) is 2.87. The average molecular weight is 178 g/mol. The van der Waals surface area contributed by atoms with E-state index in [4.69, 9.17) is 8.83 Å². The highest BCUT2D eigenvalue weighted by Gasteiger charge is 2.15. The summed E-state index contributed by atoms with van der Waals surface area (Å²) < 4.78 is 10.3. The zero-order valence-electron chi connectivity index (χ0n) is 7.23. The molecule has 68 valence electrons. The maximum atomic E-state index is 9.71. The Hall–Kier alpha value is -1.48. The van der Waals surface area contributed by atoms with Crippen LogP contribution < -0.4 is 0 Å². The number of hydrogen-bond donors (Lipinski definition) is 1. The van der Waals surface area contributed by atoms with Crippen LogP contribution in [0.25, 0.3) is 0 Å². The molecule has 0 radical (unpaired) electrons. The number of furan rings is 2. The topological polar surface area (TPSA) is 46.5 Å². The third-order valence-corrected chi connectivity index (χ3v) is 1.84. The highest BCUT2D eigenvalue weighted by atomic mass is 16.4. The molecule has 0 aromatic carbocycles. The van der Waals surface area contributed by atoms with Gasteiger partial charge in [-0.1, -0.05) is 0 Å². The Morgan fingerprint density at radius 3 is 2.62 bits per heavy atom. The van der Waals surface area contributed by atoms with E-state index in [0.717, 1.165) is 5.76 Å². The van der Waals surface area contributed by atoms with Crippen LogP contribution in [-0.2, 0) is 0 Å². The highest BCUT2D eigenvalue weighted by Crippen LogP contribution is 2.23. The molecule has 0 saturated carbocycles. The normalized spacial score (nSPS) is 13.1. The second-order valence-corrected chi connectivity index (χ2v) is 2.87. The number of rotatable bonds is 2. The molecule has 0 unspecified atom stereocenters. The lowest BCUT2D eigenvalue weighted by Gasteiger charge is -2.02. The Labute approximate surface area is 75.6 Å². The Morgan fingerprint density at radius 2 is 2.08 bits per heavy atom. The summed E-state index contributed by atoms with van der Waals surface area (Å²) in [6.07, 6.45) is 0.720. The van der Waals surface area contributed by atoms with Crippen molar-refractivity contribution >= 4 is 0 Å². The fourth-order valence-electron chi connectivity index (χ4n) is 1.19. The van der Waals surface area contributed by atoms with Gasteiger partial charge in [0, 0.05) is 0 Å². The molecule has 3 heteroatoms. The monoisotopic (exact) mass is 178 g/mol. The number of hydrogen-bond acceptors (Lipinski definition) is 3. The summed E-state index contributed by atoms with van der Waals surface area (Å²) in [6, 6.07) is 6.99. The van der Waals surface area contributed by atoms with Crippen molar-refractivity contribution in [3.63, 3.8) is 0 Å². The third-order valence-electron chi connectivity index (χ3n) is 1.84. The summed E-state index contributed by atoms with van der Waals surface area (Å²) in [5.41, 5.74) is 0. The standard InChI is InChI=1S/C10H10O3/c1-7-4-5-9(13-7)10(11)8-3-2-6-12-8/h2-6,10-11H,1H3/t10-/m1/s1. The van der Waals surface area contributed by atoms with Crippen molar-refractivity contribution in [2.45, 2.75) is 13.0 Å². The van der Waals surface area contributed by atoms with E-state index in [9.17, 15) is 5.11 Å². The van der Waals surface area contributed by atoms with Crippen LogP contribution in [0.15, 0.2) is 39.4 Å². The van der Waals surface area contributed by atoms with E-state index in [1.807, 2.05) is 13.0 Å². The molecule has 0 aliphatic carbocycles. The lowest BCUT2D eigenvalue weighted by molar-refractivity contribution is 0.161. The van der Waals surface area contributed by atoms with Gasteiger partial charge in [-0.15, -0.1) is 0 Å². The molecule has 13 heavy (non-hydrogen) atoms. The average Bonchev–Trinajstić information content (AvgIpc) is 2.72. The summed E-state index contributed by atoms with van der Waals surface area (Å²) in [5.74, 6) is 1.78. The van der Waals surface area contributed by atoms with Crippen LogP contribution in [0.2, 0.25) is 0 Å². The predicted octanol–water partition coefficient (Wildman–Crippen LogP) is 2.26. The van der Waals surface area contributed by atoms with E-state index in [0.29, 0.717) is 11.5 Å². The van der Waals surface area contributed by atoms with Gasteiger partial charge in [0.25, 0.3) is 0 Å². The van der Waals surface area contributed by atoms with Crippen molar-refractivity contribution in [2.75, 3.05) is 0 Å². The SMILES string of the molecule is Cc1ccc([C@H](O)c2ccco2)o1. The molecule has 2 aromatic heterocycles. The van der Waals surface area contributed by atoms with Gasteiger partial charge in [-0.05, 0) is 31.2 Å². The zero-order valence-corrected chi connectivity index (χ0v) is 7.23. The molecule has 0 fully saturated rings. The van der Waals surface area contributed by atoms with Gasteiger partial charge in [-0.3, -0.25) is 0 Å². The number of aryl methyl sites for hydroxylation is 1. The lowest BCUT2D eigenvalue weighted by atomic mass is 10.2. The molecular weight excluding hydrogens is 168 g/mol. The van der Waals surface area contributed by atoms with Crippen LogP contribution in [0, 0.1) is 6.92 Å². The third kappa shape index (κ3) is 1.51. The molecule has 0 amide bonds. The highest BCUT2D eigenvalue weighted by molar-refractivity contribution is 5.16. The molecule has 2 aromatic rings. The number of aliphatic hydroxyl groups is 1. The van der Waals surface area contributed by atoms with Crippen LogP contribution >= 0.6 is 0 Å². The first-order chi connectivity index (χ1) is 6.27. The quantitative estimate of drug-likeness (QED) is 0.767. The van der Waals surface area contributed by atoms with E-state index in [-0.39, 0.29) is 0 Å². The summed E-state index contributed by atoms with van der Waals surface area (Å²) in [5, 5.41) is 9.71. The van der Waals surface area contributed by atoms with Crippen molar-refractivity contribution < 1.29 is 13.9 Å². The van der Waals surface area contributed by atoms with Crippen molar-refractivity contribution in [3.8, 4) is 0 Å². The molecule has 2 heterocycles. The van der Waals surface area contributed by atoms with E-state index in [2.05, 4.69) is 0 Å². The predicted molar refractivity (Wildman–Crippen MR) is 46.2 cm³/mol. The molecule has 0 spiro atoms. The molecule has 1 atom stereocenters. The molecule has 1 N–H and O–H groups in total. The fraction of sp³-hybridized carbons (Fsp3) is 0.200. The minimum Gasteiger partial charge on any atom is -0.466 e.